The van der Waals surface area contributed by atoms with Crippen molar-refractivity contribution in [3.63, 3.8) is 0 Å². The first-order chi connectivity index (χ1) is 9.43. The topological polar surface area (TPSA) is 49.3 Å². The lowest BCUT2D eigenvalue weighted by Crippen LogP contribution is -2.40. The molecule has 1 unspecified atom stereocenters. The Morgan fingerprint density at radius 3 is 2.25 bits per heavy atom. The summed E-state index contributed by atoms with van der Waals surface area (Å²) in [6.45, 7) is 1.65. The molecule has 0 saturated carbocycles. The molecule has 5 heteroatoms. The van der Waals surface area contributed by atoms with Crippen molar-refractivity contribution in [2.45, 2.75) is 12.5 Å². The zero-order chi connectivity index (χ0) is 14.8. The highest BCUT2D eigenvalue weighted by Crippen LogP contribution is 2.31. The van der Waals surface area contributed by atoms with Crippen LogP contribution in [0, 0.1) is 0 Å². The highest BCUT2D eigenvalue weighted by atomic mass is 79.9. The Kier molecular flexibility index (Phi) is 4.50. The summed E-state index contributed by atoms with van der Waals surface area (Å²) in [6, 6.07) is 14.7. The summed E-state index contributed by atoms with van der Waals surface area (Å²) in [5.41, 5.74) is 0.217. The predicted molar refractivity (Wildman–Crippen MR) is 86.9 cm³/mol. The van der Waals surface area contributed by atoms with E-state index in [1.54, 1.807) is 19.1 Å². The van der Waals surface area contributed by atoms with Crippen molar-refractivity contribution < 1.29 is 9.90 Å². The molecular weight excluding hydrogens is 386 g/mol. The van der Waals surface area contributed by atoms with Gasteiger partial charge in [0.05, 0.1) is 0 Å². The number of benzene rings is 2. The molecule has 0 heterocycles. The second kappa shape index (κ2) is 5.97. The summed E-state index contributed by atoms with van der Waals surface area (Å²) in [5.74, 6) is -0.935. The third-order valence-corrected chi connectivity index (χ3v) is 4.33. The molecule has 0 aliphatic carbocycles. The van der Waals surface area contributed by atoms with Crippen molar-refractivity contribution in [3.8, 4) is 0 Å². The van der Waals surface area contributed by atoms with Gasteiger partial charge in [0.25, 0.3) is 0 Å². The quantitative estimate of drug-likeness (QED) is 0.789. The Bertz CT molecular complexity index is 628. The van der Waals surface area contributed by atoms with Gasteiger partial charge >= 0.3 is 5.97 Å². The minimum atomic E-state index is -1.20. The third kappa shape index (κ3) is 3.04. The van der Waals surface area contributed by atoms with Crippen LogP contribution in [-0.2, 0) is 10.3 Å². The van der Waals surface area contributed by atoms with E-state index in [0.717, 1.165) is 14.6 Å². The maximum atomic E-state index is 11.7. The summed E-state index contributed by atoms with van der Waals surface area (Å²) in [5, 5.41) is 12.7. The third-order valence-electron chi connectivity index (χ3n) is 3.11. The van der Waals surface area contributed by atoms with Gasteiger partial charge in [0.2, 0.25) is 0 Å². The van der Waals surface area contributed by atoms with Crippen LogP contribution in [0.1, 0.15) is 12.5 Å². The van der Waals surface area contributed by atoms with Crippen molar-refractivity contribution in [1.29, 1.82) is 0 Å². The number of hydrogen-bond donors (Lipinski definition) is 2. The fraction of sp³-hybridized carbons (Fsp3) is 0.133. The molecule has 0 bridgehead atoms. The van der Waals surface area contributed by atoms with Gasteiger partial charge in [-0.25, -0.2) is 4.79 Å². The number of anilines is 1. The molecule has 20 heavy (non-hydrogen) atoms. The maximum Gasteiger partial charge on any atom is 0.333 e. The summed E-state index contributed by atoms with van der Waals surface area (Å²) < 4.78 is 1.74. The molecule has 2 rings (SSSR count). The lowest BCUT2D eigenvalue weighted by Gasteiger charge is -2.28. The molecular formula is C15H13Br2NO2. The molecule has 3 nitrogen and oxygen atoms in total. The predicted octanol–water partition coefficient (Wildman–Crippen LogP) is 4.62. The number of aliphatic carboxylic acids is 1. The van der Waals surface area contributed by atoms with Crippen LogP contribution in [0.4, 0.5) is 5.69 Å². The standard InChI is InChI=1S/C15H13Br2NO2/c1-15(14(19)20,10-6-8-11(16)9-7-10)18-13-5-3-2-4-12(13)17/h2-9,18H,1H3,(H,19,20). The number of carbonyl (C=O) groups is 1. The molecule has 0 radical (unpaired) electrons. The van der Waals surface area contributed by atoms with Gasteiger partial charge in [-0.05, 0) is 52.7 Å². The lowest BCUT2D eigenvalue weighted by atomic mass is 9.91. The van der Waals surface area contributed by atoms with Crippen LogP contribution in [0.15, 0.2) is 57.5 Å². The van der Waals surface area contributed by atoms with Crippen LogP contribution in [0.3, 0.4) is 0 Å². The van der Waals surface area contributed by atoms with Crippen LogP contribution in [0.2, 0.25) is 0 Å². The van der Waals surface area contributed by atoms with Crippen molar-refractivity contribution >= 4 is 43.5 Å². The van der Waals surface area contributed by atoms with Gasteiger partial charge in [-0.2, -0.15) is 0 Å². The van der Waals surface area contributed by atoms with Crippen molar-refractivity contribution in [1.82, 2.24) is 0 Å². The number of hydrogen-bond acceptors (Lipinski definition) is 2. The molecule has 0 amide bonds. The van der Waals surface area contributed by atoms with E-state index in [1.807, 2.05) is 36.4 Å². The summed E-state index contributed by atoms with van der Waals surface area (Å²) in [4.78, 5) is 11.7. The molecule has 2 N–H and O–H groups in total. The number of rotatable bonds is 4. The largest absolute Gasteiger partial charge is 0.479 e. The highest BCUT2D eigenvalue weighted by Gasteiger charge is 2.35. The molecule has 2 aromatic rings. The second-order valence-electron chi connectivity index (χ2n) is 4.54. The molecule has 2 aromatic carbocycles. The van der Waals surface area contributed by atoms with E-state index in [-0.39, 0.29) is 0 Å². The first-order valence-electron chi connectivity index (χ1n) is 5.95. The van der Waals surface area contributed by atoms with Gasteiger partial charge in [0.1, 0.15) is 0 Å². The number of para-hydroxylation sites is 1. The first-order valence-corrected chi connectivity index (χ1v) is 7.54. The van der Waals surface area contributed by atoms with Crippen LogP contribution in [-0.4, -0.2) is 11.1 Å². The number of carboxylic acids is 1. The van der Waals surface area contributed by atoms with Gasteiger partial charge in [-0.15, -0.1) is 0 Å². The normalized spacial score (nSPS) is 13.6. The van der Waals surface area contributed by atoms with Crippen LogP contribution in [0.5, 0.6) is 0 Å². The molecule has 0 aliphatic rings. The monoisotopic (exact) mass is 397 g/mol. The fourth-order valence-electron chi connectivity index (χ4n) is 1.86. The minimum absolute atomic E-state index is 0.684. The maximum absolute atomic E-state index is 11.7. The second-order valence-corrected chi connectivity index (χ2v) is 6.31. The number of nitrogens with one attached hydrogen (secondary N) is 1. The minimum Gasteiger partial charge on any atom is -0.479 e. The van der Waals surface area contributed by atoms with E-state index in [1.165, 1.54) is 0 Å². The molecule has 104 valence electrons. The van der Waals surface area contributed by atoms with Gasteiger partial charge < -0.3 is 10.4 Å². The van der Waals surface area contributed by atoms with Crippen molar-refractivity contribution in [2.24, 2.45) is 0 Å². The van der Waals surface area contributed by atoms with E-state index < -0.39 is 11.5 Å². The van der Waals surface area contributed by atoms with Crippen LogP contribution < -0.4 is 5.32 Å². The Morgan fingerprint density at radius 2 is 1.70 bits per heavy atom. The Morgan fingerprint density at radius 1 is 1.10 bits per heavy atom. The molecule has 0 aromatic heterocycles. The molecule has 0 spiro atoms. The zero-order valence-electron chi connectivity index (χ0n) is 10.7. The summed E-state index contributed by atoms with van der Waals surface area (Å²) >= 11 is 6.77. The van der Waals surface area contributed by atoms with Gasteiger partial charge in [-0.1, -0.05) is 40.2 Å². The lowest BCUT2D eigenvalue weighted by molar-refractivity contribution is -0.142. The Hall–Kier alpha value is -1.33. The summed E-state index contributed by atoms with van der Waals surface area (Å²) in [7, 11) is 0. The smallest absolute Gasteiger partial charge is 0.333 e. The first kappa shape index (κ1) is 15.1. The van der Waals surface area contributed by atoms with Gasteiger partial charge in [0, 0.05) is 14.6 Å². The molecule has 0 fully saturated rings. The Balaban J connectivity index is 2.43. The van der Waals surface area contributed by atoms with E-state index in [9.17, 15) is 9.90 Å². The molecule has 0 saturated heterocycles. The van der Waals surface area contributed by atoms with Gasteiger partial charge in [0.15, 0.2) is 5.54 Å². The fourth-order valence-corrected chi connectivity index (χ4v) is 2.51. The molecule has 1 atom stereocenters. The van der Waals surface area contributed by atoms with E-state index in [4.69, 9.17) is 0 Å². The molecule has 0 aliphatic heterocycles. The number of halogens is 2. The zero-order valence-corrected chi connectivity index (χ0v) is 13.9. The summed E-state index contributed by atoms with van der Waals surface area (Å²) in [6.07, 6.45) is 0. The van der Waals surface area contributed by atoms with Crippen LogP contribution in [0.25, 0.3) is 0 Å². The van der Waals surface area contributed by atoms with E-state index >= 15 is 0 Å². The van der Waals surface area contributed by atoms with E-state index in [0.29, 0.717) is 5.56 Å². The number of carboxylic acid groups (broad SMARTS) is 1. The van der Waals surface area contributed by atoms with Crippen molar-refractivity contribution in [2.75, 3.05) is 5.32 Å². The van der Waals surface area contributed by atoms with Crippen molar-refractivity contribution in [3.05, 3.63) is 63.0 Å². The average molecular weight is 399 g/mol. The van der Waals surface area contributed by atoms with Gasteiger partial charge in [-0.3, -0.25) is 0 Å². The van der Waals surface area contributed by atoms with E-state index in [2.05, 4.69) is 37.2 Å². The SMILES string of the molecule is CC(Nc1ccccc1Br)(C(=O)O)c1ccc(Br)cc1. The van der Waals surface area contributed by atoms with Crippen LogP contribution >= 0.6 is 31.9 Å². The Labute approximate surface area is 134 Å². The average Bonchev–Trinajstić information content (AvgIpc) is 2.42. The highest BCUT2D eigenvalue weighted by molar-refractivity contribution is 9.10.